The van der Waals surface area contributed by atoms with Gasteiger partial charge in [0.25, 0.3) is 0 Å². The fraction of sp³-hybridized carbons (Fsp3) is 0.909. The Labute approximate surface area is 96.5 Å². The van der Waals surface area contributed by atoms with E-state index < -0.39 is 0 Å². The molecule has 0 aliphatic heterocycles. The van der Waals surface area contributed by atoms with Gasteiger partial charge in [-0.05, 0) is 32.6 Å². The summed E-state index contributed by atoms with van der Waals surface area (Å²) in [5.41, 5.74) is -0.170. The van der Waals surface area contributed by atoms with Crippen molar-refractivity contribution in [1.29, 1.82) is 0 Å². The van der Waals surface area contributed by atoms with Gasteiger partial charge < -0.3 is 10.1 Å². The fourth-order valence-electron chi connectivity index (χ4n) is 1.79. The smallest absolute Gasteiger partial charge is 0.222 e. The third-order valence-electron chi connectivity index (χ3n) is 3.04. The molecule has 1 unspecified atom stereocenters. The topological polar surface area (TPSA) is 38.3 Å². The van der Waals surface area contributed by atoms with Crippen LogP contribution in [-0.2, 0) is 9.53 Å². The summed E-state index contributed by atoms with van der Waals surface area (Å²) in [6, 6.07) is 0. The van der Waals surface area contributed by atoms with Crippen molar-refractivity contribution in [2.45, 2.75) is 50.0 Å². The second-order valence-corrected chi connectivity index (χ2v) is 5.08. The molecule has 3 nitrogen and oxygen atoms in total. The SMILES string of the molecule is COC1(CC(=O)NCCC(C)Cl)CCC1. The zero-order valence-corrected chi connectivity index (χ0v) is 10.3. The summed E-state index contributed by atoms with van der Waals surface area (Å²) in [6.45, 7) is 2.58. The Kier molecular flexibility index (Phi) is 4.87. The molecular weight excluding hydrogens is 214 g/mol. The Bertz CT molecular complexity index is 209. The van der Waals surface area contributed by atoms with Crippen LogP contribution in [0.1, 0.15) is 39.0 Å². The van der Waals surface area contributed by atoms with Gasteiger partial charge in [-0.2, -0.15) is 0 Å². The maximum atomic E-state index is 11.6. The van der Waals surface area contributed by atoms with E-state index in [2.05, 4.69) is 5.32 Å². The minimum Gasteiger partial charge on any atom is -0.378 e. The number of hydrogen-bond acceptors (Lipinski definition) is 2. The first-order valence-electron chi connectivity index (χ1n) is 5.54. The Morgan fingerprint density at radius 3 is 2.67 bits per heavy atom. The van der Waals surface area contributed by atoms with E-state index in [4.69, 9.17) is 16.3 Å². The summed E-state index contributed by atoms with van der Waals surface area (Å²) in [5.74, 6) is 0.0777. The molecular formula is C11H20ClNO2. The van der Waals surface area contributed by atoms with Crippen LogP contribution in [0.3, 0.4) is 0 Å². The van der Waals surface area contributed by atoms with Crippen LogP contribution in [0, 0.1) is 0 Å². The maximum Gasteiger partial charge on any atom is 0.222 e. The molecule has 0 spiro atoms. The first kappa shape index (κ1) is 12.8. The van der Waals surface area contributed by atoms with Crippen molar-refractivity contribution in [1.82, 2.24) is 5.32 Å². The number of rotatable bonds is 6. The standard InChI is InChI=1S/C11H20ClNO2/c1-9(12)4-7-13-10(14)8-11(15-2)5-3-6-11/h9H,3-8H2,1-2H3,(H,13,14). The highest BCUT2D eigenvalue weighted by atomic mass is 35.5. The van der Waals surface area contributed by atoms with Gasteiger partial charge in [-0.25, -0.2) is 0 Å². The van der Waals surface area contributed by atoms with Crippen LogP contribution in [0.2, 0.25) is 0 Å². The van der Waals surface area contributed by atoms with Crippen molar-refractivity contribution in [3.05, 3.63) is 0 Å². The van der Waals surface area contributed by atoms with Gasteiger partial charge in [-0.3, -0.25) is 4.79 Å². The highest BCUT2D eigenvalue weighted by molar-refractivity contribution is 6.20. The average Bonchev–Trinajstić information content (AvgIpc) is 2.11. The Balaban J connectivity index is 2.17. The quantitative estimate of drug-likeness (QED) is 0.714. The molecule has 88 valence electrons. The molecule has 0 heterocycles. The Hall–Kier alpha value is -0.280. The molecule has 0 saturated heterocycles. The lowest BCUT2D eigenvalue weighted by Crippen LogP contribution is -2.44. The number of methoxy groups -OCH3 is 1. The molecule has 0 aromatic carbocycles. The number of nitrogens with one attached hydrogen (secondary N) is 1. The molecule has 1 aliphatic rings. The van der Waals surface area contributed by atoms with Crippen molar-refractivity contribution in [2.24, 2.45) is 0 Å². The van der Waals surface area contributed by atoms with E-state index in [9.17, 15) is 4.79 Å². The number of ether oxygens (including phenoxy) is 1. The minimum absolute atomic E-state index is 0.0777. The van der Waals surface area contributed by atoms with Crippen molar-refractivity contribution in [2.75, 3.05) is 13.7 Å². The van der Waals surface area contributed by atoms with E-state index in [1.165, 1.54) is 6.42 Å². The lowest BCUT2D eigenvalue weighted by Gasteiger charge is -2.39. The molecule has 0 radical (unpaired) electrons. The van der Waals surface area contributed by atoms with E-state index in [1.54, 1.807) is 7.11 Å². The molecule has 1 saturated carbocycles. The second kappa shape index (κ2) is 5.71. The third kappa shape index (κ3) is 3.99. The van der Waals surface area contributed by atoms with E-state index in [0.29, 0.717) is 13.0 Å². The van der Waals surface area contributed by atoms with Crippen molar-refractivity contribution < 1.29 is 9.53 Å². The molecule has 1 N–H and O–H groups in total. The Morgan fingerprint density at radius 2 is 2.27 bits per heavy atom. The molecule has 15 heavy (non-hydrogen) atoms. The Morgan fingerprint density at radius 1 is 1.60 bits per heavy atom. The maximum absolute atomic E-state index is 11.6. The van der Waals surface area contributed by atoms with E-state index >= 15 is 0 Å². The van der Waals surface area contributed by atoms with Crippen molar-refractivity contribution in [3.63, 3.8) is 0 Å². The van der Waals surface area contributed by atoms with Crippen LogP contribution >= 0.6 is 11.6 Å². The third-order valence-corrected chi connectivity index (χ3v) is 3.26. The highest BCUT2D eigenvalue weighted by Gasteiger charge is 2.38. The molecule has 4 heteroatoms. The number of carbonyl (C=O) groups is 1. The minimum atomic E-state index is -0.170. The van der Waals surface area contributed by atoms with Crippen LogP contribution in [0.15, 0.2) is 0 Å². The highest BCUT2D eigenvalue weighted by Crippen LogP contribution is 2.37. The van der Waals surface area contributed by atoms with Gasteiger partial charge in [-0.15, -0.1) is 11.6 Å². The summed E-state index contributed by atoms with van der Waals surface area (Å²) in [5, 5.41) is 2.98. The van der Waals surface area contributed by atoms with Crippen molar-refractivity contribution >= 4 is 17.5 Å². The fourth-order valence-corrected chi connectivity index (χ4v) is 1.90. The zero-order valence-electron chi connectivity index (χ0n) is 9.51. The van der Waals surface area contributed by atoms with Gasteiger partial charge in [0.15, 0.2) is 0 Å². The number of hydrogen-bond donors (Lipinski definition) is 1. The van der Waals surface area contributed by atoms with Gasteiger partial charge in [0.05, 0.1) is 12.0 Å². The van der Waals surface area contributed by atoms with E-state index in [0.717, 1.165) is 19.3 Å². The van der Waals surface area contributed by atoms with Gasteiger partial charge in [0, 0.05) is 19.0 Å². The summed E-state index contributed by atoms with van der Waals surface area (Å²) >= 11 is 5.78. The van der Waals surface area contributed by atoms with Crippen molar-refractivity contribution in [3.8, 4) is 0 Å². The molecule has 0 aromatic rings. The average molecular weight is 234 g/mol. The molecule has 1 atom stereocenters. The summed E-state index contributed by atoms with van der Waals surface area (Å²) in [7, 11) is 1.69. The van der Waals surface area contributed by atoms with Crippen LogP contribution in [0.25, 0.3) is 0 Å². The lowest BCUT2D eigenvalue weighted by atomic mass is 9.77. The zero-order chi connectivity index (χ0) is 11.3. The second-order valence-electron chi connectivity index (χ2n) is 4.34. The number of alkyl halides is 1. The molecule has 1 aliphatic carbocycles. The van der Waals surface area contributed by atoms with Gasteiger partial charge in [-0.1, -0.05) is 0 Å². The van der Waals surface area contributed by atoms with E-state index in [1.807, 2.05) is 6.92 Å². The summed E-state index contributed by atoms with van der Waals surface area (Å²) in [6.07, 6.45) is 4.47. The molecule has 1 rings (SSSR count). The van der Waals surface area contributed by atoms with Crippen LogP contribution < -0.4 is 5.32 Å². The normalized spacial score (nSPS) is 20.5. The predicted molar refractivity (Wildman–Crippen MR) is 61.1 cm³/mol. The lowest BCUT2D eigenvalue weighted by molar-refractivity contribution is -0.134. The molecule has 1 fully saturated rings. The first-order valence-corrected chi connectivity index (χ1v) is 5.97. The van der Waals surface area contributed by atoms with Crippen LogP contribution in [0.5, 0.6) is 0 Å². The largest absolute Gasteiger partial charge is 0.378 e. The molecule has 0 aromatic heterocycles. The number of carbonyl (C=O) groups excluding carboxylic acids is 1. The monoisotopic (exact) mass is 233 g/mol. The summed E-state index contributed by atoms with van der Waals surface area (Å²) < 4.78 is 5.38. The van der Waals surface area contributed by atoms with E-state index in [-0.39, 0.29) is 16.9 Å². The number of halogens is 1. The van der Waals surface area contributed by atoms with Gasteiger partial charge in [0.2, 0.25) is 5.91 Å². The van der Waals surface area contributed by atoms with Gasteiger partial charge in [0.1, 0.15) is 0 Å². The summed E-state index contributed by atoms with van der Waals surface area (Å²) in [4.78, 5) is 11.6. The first-order chi connectivity index (χ1) is 7.08. The van der Waals surface area contributed by atoms with Crippen LogP contribution in [0.4, 0.5) is 0 Å². The predicted octanol–water partition coefficient (Wildman–Crippen LogP) is 2.08. The molecule has 1 amide bonds. The number of amides is 1. The van der Waals surface area contributed by atoms with Crippen LogP contribution in [-0.4, -0.2) is 30.5 Å². The van der Waals surface area contributed by atoms with Gasteiger partial charge >= 0.3 is 0 Å². The molecule has 0 bridgehead atoms.